The predicted octanol–water partition coefficient (Wildman–Crippen LogP) is 7.12. The van der Waals surface area contributed by atoms with Gasteiger partial charge in [0.1, 0.15) is 5.60 Å². The number of aryl methyl sites for hydroxylation is 2. The largest absolute Gasteiger partial charge is 0.444 e. The molecule has 6 heteroatoms. The minimum absolute atomic E-state index is 0.0209. The van der Waals surface area contributed by atoms with Crippen molar-refractivity contribution >= 4 is 17.4 Å². The quantitative estimate of drug-likeness (QED) is 0.217. The van der Waals surface area contributed by atoms with Gasteiger partial charge < -0.3 is 14.8 Å². The van der Waals surface area contributed by atoms with E-state index < -0.39 is 5.60 Å². The highest BCUT2D eigenvalue weighted by Crippen LogP contribution is 2.33. The van der Waals surface area contributed by atoms with Crippen LogP contribution in [0, 0.1) is 13.8 Å². The molecule has 4 rings (SSSR count). The van der Waals surface area contributed by atoms with E-state index >= 15 is 0 Å². The fourth-order valence-electron chi connectivity index (χ4n) is 4.87. The van der Waals surface area contributed by atoms with Crippen molar-refractivity contribution in [2.75, 3.05) is 13.1 Å². The third-order valence-electron chi connectivity index (χ3n) is 6.86. The van der Waals surface area contributed by atoms with Gasteiger partial charge in [-0.3, -0.25) is 4.98 Å². The number of aromatic nitrogens is 1. The van der Waals surface area contributed by atoms with Gasteiger partial charge in [0.15, 0.2) is 0 Å². The van der Waals surface area contributed by atoms with Gasteiger partial charge in [-0.05, 0) is 81.0 Å². The van der Waals surface area contributed by atoms with Crippen molar-refractivity contribution in [3.8, 4) is 0 Å². The van der Waals surface area contributed by atoms with E-state index in [1.807, 2.05) is 45.9 Å². The molecule has 1 unspecified atom stereocenters. The van der Waals surface area contributed by atoms with Crippen LogP contribution in [0.5, 0.6) is 0 Å². The molecule has 0 bridgehead atoms. The zero-order chi connectivity index (χ0) is 27.3. The van der Waals surface area contributed by atoms with Crippen LogP contribution in [0.3, 0.4) is 0 Å². The zero-order valence-electron chi connectivity index (χ0n) is 22.9. The SMILES string of the molecule is Cc1cc(/C(CC(c2ccc(C3=CCN(C(=O)OC(C)(C)C)CC3)cc2)c2ccccc2C)=N\O)ccn1. The van der Waals surface area contributed by atoms with E-state index in [9.17, 15) is 10.0 Å². The molecule has 0 spiro atoms. The molecule has 0 aliphatic carbocycles. The number of amides is 1. The molecule has 1 N–H and O–H groups in total. The van der Waals surface area contributed by atoms with Gasteiger partial charge in [-0.1, -0.05) is 59.8 Å². The van der Waals surface area contributed by atoms with Gasteiger partial charge in [-0.2, -0.15) is 0 Å². The molecule has 1 aromatic heterocycles. The van der Waals surface area contributed by atoms with E-state index in [2.05, 4.69) is 65.6 Å². The lowest BCUT2D eigenvalue weighted by Gasteiger charge is -2.29. The molecule has 198 valence electrons. The normalized spacial score (nSPS) is 15.1. The highest BCUT2D eigenvalue weighted by atomic mass is 16.6. The van der Waals surface area contributed by atoms with E-state index in [0.717, 1.165) is 28.8 Å². The van der Waals surface area contributed by atoms with Gasteiger partial charge in [0.25, 0.3) is 0 Å². The lowest BCUT2D eigenvalue weighted by Crippen LogP contribution is -2.39. The Bertz CT molecular complexity index is 1340. The summed E-state index contributed by atoms with van der Waals surface area (Å²) in [5.74, 6) is 0.0209. The molecule has 0 radical (unpaired) electrons. The van der Waals surface area contributed by atoms with Crippen LogP contribution in [0.25, 0.3) is 5.57 Å². The molecule has 0 saturated carbocycles. The summed E-state index contributed by atoms with van der Waals surface area (Å²) in [6.45, 7) is 10.9. The molecule has 2 heterocycles. The summed E-state index contributed by atoms with van der Waals surface area (Å²) >= 11 is 0. The fraction of sp³-hybridized carbons (Fsp3) is 0.344. The van der Waals surface area contributed by atoms with Crippen LogP contribution in [-0.4, -0.2) is 45.6 Å². The maximum absolute atomic E-state index is 12.4. The Balaban J connectivity index is 1.57. The molecule has 1 aliphatic rings. The van der Waals surface area contributed by atoms with Gasteiger partial charge in [0.2, 0.25) is 0 Å². The lowest BCUT2D eigenvalue weighted by atomic mass is 9.83. The molecule has 1 aliphatic heterocycles. The molecule has 2 aromatic carbocycles. The van der Waals surface area contributed by atoms with Crippen molar-refractivity contribution in [3.05, 3.63) is 106 Å². The Morgan fingerprint density at radius 2 is 1.84 bits per heavy atom. The van der Waals surface area contributed by atoms with Gasteiger partial charge >= 0.3 is 6.09 Å². The van der Waals surface area contributed by atoms with Crippen molar-refractivity contribution in [1.82, 2.24) is 9.88 Å². The summed E-state index contributed by atoms with van der Waals surface area (Å²) in [7, 11) is 0. The first kappa shape index (κ1) is 27.1. The van der Waals surface area contributed by atoms with Crippen molar-refractivity contribution in [3.63, 3.8) is 0 Å². The highest BCUT2D eigenvalue weighted by Gasteiger charge is 2.24. The smallest absolute Gasteiger partial charge is 0.410 e. The average molecular weight is 512 g/mol. The summed E-state index contributed by atoms with van der Waals surface area (Å²) in [6, 6.07) is 20.8. The predicted molar refractivity (Wildman–Crippen MR) is 152 cm³/mol. The fourth-order valence-corrected chi connectivity index (χ4v) is 4.87. The van der Waals surface area contributed by atoms with E-state index in [0.29, 0.717) is 25.2 Å². The van der Waals surface area contributed by atoms with E-state index in [1.165, 1.54) is 16.7 Å². The maximum atomic E-state index is 12.4. The van der Waals surface area contributed by atoms with Gasteiger partial charge in [-0.15, -0.1) is 0 Å². The number of carbonyl (C=O) groups excluding carboxylic acids is 1. The Morgan fingerprint density at radius 1 is 1.11 bits per heavy atom. The standard InChI is InChI=1S/C32H37N3O3/c1-22-8-6-7-9-28(22)29(21-30(34-37)27-14-17-33-23(2)20-27)26-12-10-24(11-13-26)25-15-18-35(19-16-25)31(36)38-32(3,4)5/h6-15,17,20,29,37H,16,18-19,21H2,1-5H3/b34-30-. The minimum Gasteiger partial charge on any atom is -0.444 e. The summed E-state index contributed by atoms with van der Waals surface area (Å²) in [5, 5.41) is 13.6. The first-order valence-corrected chi connectivity index (χ1v) is 13.1. The second-order valence-corrected chi connectivity index (χ2v) is 10.9. The lowest BCUT2D eigenvalue weighted by molar-refractivity contribution is 0.0270. The van der Waals surface area contributed by atoms with Crippen molar-refractivity contribution in [1.29, 1.82) is 0 Å². The Morgan fingerprint density at radius 3 is 2.45 bits per heavy atom. The first-order chi connectivity index (χ1) is 18.1. The second-order valence-electron chi connectivity index (χ2n) is 10.9. The topological polar surface area (TPSA) is 75.0 Å². The number of oxime groups is 1. The van der Waals surface area contributed by atoms with Crippen molar-refractivity contribution < 1.29 is 14.7 Å². The van der Waals surface area contributed by atoms with E-state index in [1.54, 1.807) is 11.1 Å². The number of carbonyl (C=O) groups is 1. The minimum atomic E-state index is -0.499. The van der Waals surface area contributed by atoms with Gasteiger partial charge in [0.05, 0.1) is 5.71 Å². The Labute approximate surface area is 225 Å². The van der Waals surface area contributed by atoms with E-state index in [-0.39, 0.29) is 12.0 Å². The highest BCUT2D eigenvalue weighted by molar-refractivity contribution is 6.01. The number of ether oxygens (including phenoxy) is 1. The zero-order valence-corrected chi connectivity index (χ0v) is 22.9. The monoisotopic (exact) mass is 511 g/mol. The van der Waals surface area contributed by atoms with Crippen LogP contribution in [0.15, 0.2) is 78.1 Å². The first-order valence-electron chi connectivity index (χ1n) is 13.1. The average Bonchev–Trinajstić information content (AvgIpc) is 2.89. The molecule has 38 heavy (non-hydrogen) atoms. The van der Waals surface area contributed by atoms with Crippen LogP contribution in [0.2, 0.25) is 0 Å². The molecule has 6 nitrogen and oxygen atoms in total. The van der Waals surface area contributed by atoms with Crippen molar-refractivity contribution in [2.24, 2.45) is 5.16 Å². The van der Waals surface area contributed by atoms with Gasteiger partial charge in [-0.25, -0.2) is 4.79 Å². The third kappa shape index (κ3) is 6.68. The summed E-state index contributed by atoms with van der Waals surface area (Å²) in [6.07, 6.45) is 4.92. The molecule has 1 amide bonds. The van der Waals surface area contributed by atoms with Gasteiger partial charge in [0, 0.05) is 42.9 Å². The van der Waals surface area contributed by atoms with Crippen LogP contribution in [0.4, 0.5) is 4.79 Å². The Kier molecular flexibility index (Phi) is 8.30. The molecule has 0 fully saturated rings. The molecule has 1 atom stereocenters. The van der Waals surface area contributed by atoms with Crippen LogP contribution in [-0.2, 0) is 4.74 Å². The summed E-state index contributed by atoms with van der Waals surface area (Å²) in [5.41, 5.74) is 7.83. The molecule has 3 aromatic rings. The number of rotatable bonds is 6. The van der Waals surface area contributed by atoms with Crippen molar-refractivity contribution in [2.45, 2.75) is 59.0 Å². The number of benzene rings is 2. The van der Waals surface area contributed by atoms with Crippen LogP contribution < -0.4 is 0 Å². The second kappa shape index (κ2) is 11.6. The van der Waals surface area contributed by atoms with E-state index in [4.69, 9.17) is 4.74 Å². The molecule has 0 saturated heterocycles. The summed E-state index contributed by atoms with van der Waals surface area (Å²) < 4.78 is 5.52. The number of pyridine rings is 1. The molecular weight excluding hydrogens is 474 g/mol. The van der Waals surface area contributed by atoms with Crippen LogP contribution >= 0.6 is 0 Å². The van der Waals surface area contributed by atoms with Crippen LogP contribution in [0.1, 0.15) is 73.0 Å². The number of hydrogen-bond donors (Lipinski definition) is 1. The third-order valence-corrected chi connectivity index (χ3v) is 6.86. The number of nitrogens with zero attached hydrogens (tertiary/aromatic N) is 3. The summed E-state index contributed by atoms with van der Waals surface area (Å²) in [4.78, 5) is 18.4. The number of hydrogen-bond acceptors (Lipinski definition) is 5. The molecular formula is C32H37N3O3. The Hall–Kier alpha value is -3.93. The maximum Gasteiger partial charge on any atom is 0.410 e.